The molecule has 0 atom stereocenters. The summed E-state index contributed by atoms with van der Waals surface area (Å²) >= 11 is 6.03. The lowest BCUT2D eigenvalue weighted by molar-refractivity contribution is -0.129. The molecule has 0 unspecified atom stereocenters. The molecule has 2 amide bonds. The van der Waals surface area contributed by atoms with E-state index in [-0.39, 0.29) is 25.0 Å². The van der Waals surface area contributed by atoms with E-state index >= 15 is 0 Å². The van der Waals surface area contributed by atoms with Gasteiger partial charge in [-0.3, -0.25) is 9.59 Å². The summed E-state index contributed by atoms with van der Waals surface area (Å²) in [5, 5.41) is 3.23. The Kier molecular flexibility index (Phi) is 5.63. The van der Waals surface area contributed by atoms with Crippen LogP contribution < -0.4 is 14.8 Å². The molecule has 7 heteroatoms. The molecule has 1 heterocycles. The number of ether oxygens (including phenoxy) is 2. The number of amides is 2. The number of fused-ring (bicyclic) bond motifs is 1. The van der Waals surface area contributed by atoms with Gasteiger partial charge in [0.2, 0.25) is 18.6 Å². The largest absolute Gasteiger partial charge is 0.454 e. The zero-order chi connectivity index (χ0) is 18.5. The van der Waals surface area contributed by atoms with Crippen LogP contribution in [0.4, 0.5) is 5.69 Å². The average molecular weight is 375 g/mol. The fourth-order valence-electron chi connectivity index (χ4n) is 2.62. The number of halogens is 1. The third-order valence-electron chi connectivity index (χ3n) is 4.01. The summed E-state index contributed by atoms with van der Waals surface area (Å²) in [4.78, 5) is 25.7. The molecule has 0 fully saturated rings. The molecule has 0 radical (unpaired) electrons. The number of carbonyl (C=O) groups excluding carboxylic acids is 2. The molecule has 0 saturated carbocycles. The minimum atomic E-state index is -0.199. The normalized spacial score (nSPS) is 11.9. The van der Waals surface area contributed by atoms with Gasteiger partial charge in [-0.2, -0.15) is 0 Å². The van der Waals surface area contributed by atoms with Crippen LogP contribution in [0.2, 0.25) is 5.02 Å². The Labute approximate surface area is 156 Å². The Morgan fingerprint density at radius 2 is 1.92 bits per heavy atom. The van der Waals surface area contributed by atoms with E-state index in [1.807, 2.05) is 18.2 Å². The van der Waals surface area contributed by atoms with Gasteiger partial charge in [-0.05, 0) is 29.8 Å². The van der Waals surface area contributed by atoms with E-state index < -0.39 is 0 Å². The molecule has 0 aliphatic carbocycles. The Morgan fingerprint density at radius 1 is 1.15 bits per heavy atom. The van der Waals surface area contributed by atoms with E-state index in [0.29, 0.717) is 35.3 Å². The first-order valence-electron chi connectivity index (χ1n) is 8.21. The number of para-hydroxylation sites is 1. The fourth-order valence-corrected chi connectivity index (χ4v) is 2.80. The standard InChI is InChI=1S/C19H19ClN2O4/c1-13(23)22(11-14-6-7-17-18(10-14)26-12-25-17)9-8-19(24)21-16-5-3-2-4-15(16)20/h2-7,10H,8-9,11-12H2,1H3,(H,21,24). The molecule has 1 N–H and O–H groups in total. The summed E-state index contributed by atoms with van der Waals surface area (Å²) in [7, 11) is 0. The Hall–Kier alpha value is -2.73. The van der Waals surface area contributed by atoms with Gasteiger partial charge >= 0.3 is 0 Å². The van der Waals surface area contributed by atoms with Crippen molar-refractivity contribution in [3.63, 3.8) is 0 Å². The molecule has 1 aliphatic rings. The smallest absolute Gasteiger partial charge is 0.231 e. The van der Waals surface area contributed by atoms with E-state index in [1.54, 1.807) is 29.2 Å². The van der Waals surface area contributed by atoms with Crippen molar-refractivity contribution in [2.75, 3.05) is 18.7 Å². The molecule has 2 aromatic carbocycles. The first kappa shape index (κ1) is 18.1. The SMILES string of the molecule is CC(=O)N(CCC(=O)Nc1ccccc1Cl)Cc1ccc2c(c1)OCO2. The first-order valence-corrected chi connectivity index (χ1v) is 8.59. The molecule has 0 bridgehead atoms. The molecule has 26 heavy (non-hydrogen) atoms. The molecule has 0 aromatic heterocycles. The van der Waals surface area contributed by atoms with Crippen LogP contribution in [0, 0.1) is 0 Å². The lowest BCUT2D eigenvalue weighted by atomic mass is 10.2. The topological polar surface area (TPSA) is 67.9 Å². The van der Waals surface area contributed by atoms with E-state index in [0.717, 1.165) is 5.56 Å². The highest BCUT2D eigenvalue weighted by Gasteiger charge is 2.16. The molecular formula is C19H19ClN2O4. The van der Waals surface area contributed by atoms with Crippen molar-refractivity contribution < 1.29 is 19.1 Å². The second-order valence-corrected chi connectivity index (χ2v) is 6.31. The van der Waals surface area contributed by atoms with E-state index in [4.69, 9.17) is 21.1 Å². The van der Waals surface area contributed by atoms with Crippen molar-refractivity contribution in [2.45, 2.75) is 19.9 Å². The Balaban J connectivity index is 1.58. The monoisotopic (exact) mass is 374 g/mol. The van der Waals surface area contributed by atoms with Crippen molar-refractivity contribution in [3.8, 4) is 11.5 Å². The molecular weight excluding hydrogens is 356 g/mol. The van der Waals surface area contributed by atoms with E-state index in [1.165, 1.54) is 6.92 Å². The third kappa shape index (κ3) is 4.46. The van der Waals surface area contributed by atoms with Gasteiger partial charge in [0.1, 0.15) is 0 Å². The molecule has 6 nitrogen and oxygen atoms in total. The maximum atomic E-state index is 12.2. The van der Waals surface area contributed by atoms with Crippen LogP contribution >= 0.6 is 11.6 Å². The van der Waals surface area contributed by atoms with Crippen LogP contribution in [-0.4, -0.2) is 30.1 Å². The Bertz CT molecular complexity index is 825. The Morgan fingerprint density at radius 3 is 2.69 bits per heavy atom. The number of carbonyl (C=O) groups is 2. The van der Waals surface area contributed by atoms with Crippen molar-refractivity contribution in [2.24, 2.45) is 0 Å². The van der Waals surface area contributed by atoms with Crippen molar-refractivity contribution >= 4 is 29.1 Å². The maximum absolute atomic E-state index is 12.2. The predicted molar refractivity (Wildman–Crippen MR) is 98.4 cm³/mol. The fraction of sp³-hybridized carbons (Fsp3) is 0.263. The van der Waals surface area contributed by atoms with Gasteiger partial charge in [-0.15, -0.1) is 0 Å². The zero-order valence-electron chi connectivity index (χ0n) is 14.3. The van der Waals surface area contributed by atoms with Gasteiger partial charge in [-0.25, -0.2) is 0 Å². The highest BCUT2D eigenvalue weighted by Crippen LogP contribution is 2.32. The highest BCUT2D eigenvalue weighted by atomic mass is 35.5. The van der Waals surface area contributed by atoms with Crippen LogP contribution in [0.3, 0.4) is 0 Å². The second-order valence-electron chi connectivity index (χ2n) is 5.91. The van der Waals surface area contributed by atoms with Crippen molar-refractivity contribution in [1.82, 2.24) is 4.90 Å². The van der Waals surface area contributed by atoms with Crippen molar-refractivity contribution in [3.05, 3.63) is 53.1 Å². The first-order chi connectivity index (χ1) is 12.5. The lowest BCUT2D eigenvalue weighted by Crippen LogP contribution is -2.31. The number of hydrogen-bond donors (Lipinski definition) is 1. The quantitative estimate of drug-likeness (QED) is 0.841. The molecule has 1 aliphatic heterocycles. The number of nitrogens with zero attached hydrogens (tertiary/aromatic N) is 1. The van der Waals surface area contributed by atoms with Gasteiger partial charge in [0.25, 0.3) is 0 Å². The van der Waals surface area contributed by atoms with Gasteiger partial charge in [0, 0.05) is 26.4 Å². The summed E-state index contributed by atoms with van der Waals surface area (Å²) in [5.41, 5.74) is 1.47. The maximum Gasteiger partial charge on any atom is 0.231 e. The average Bonchev–Trinajstić information content (AvgIpc) is 3.08. The molecule has 0 saturated heterocycles. The minimum absolute atomic E-state index is 0.104. The lowest BCUT2D eigenvalue weighted by Gasteiger charge is -2.21. The minimum Gasteiger partial charge on any atom is -0.454 e. The summed E-state index contributed by atoms with van der Waals surface area (Å²) in [6.07, 6.45) is 0.176. The van der Waals surface area contributed by atoms with Crippen LogP contribution in [0.15, 0.2) is 42.5 Å². The van der Waals surface area contributed by atoms with Gasteiger partial charge in [-0.1, -0.05) is 29.8 Å². The predicted octanol–water partition coefficient (Wildman–Crippen LogP) is 3.45. The number of nitrogens with one attached hydrogen (secondary N) is 1. The van der Waals surface area contributed by atoms with Crippen LogP contribution in [0.25, 0.3) is 0 Å². The molecule has 2 aromatic rings. The van der Waals surface area contributed by atoms with Crippen LogP contribution in [-0.2, 0) is 16.1 Å². The van der Waals surface area contributed by atoms with Gasteiger partial charge < -0.3 is 19.7 Å². The van der Waals surface area contributed by atoms with Crippen LogP contribution in [0.1, 0.15) is 18.9 Å². The zero-order valence-corrected chi connectivity index (χ0v) is 15.1. The number of anilines is 1. The molecule has 136 valence electrons. The highest BCUT2D eigenvalue weighted by molar-refractivity contribution is 6.33. The van der Waals surface area contributed by atoms with Gasteiger partial charge in [0.15, 0.2) is 11.5 Å². The third-order valence-corrected chi connectivity index (χ3v) is 4.34. The molecule has 0 spiro atoms. The van der Waals surface area contributed by atoms with Gasteiger partial charge in [0.05, 0.1) is 10.7 Å². The summed E-state index contributed by atoms with van der Waals surface area (Å²) in [5.74, 6) is 1.06. The van der Waals surface area contributed by atoms with Crippen LogP contribution in [0.5, 0.6) is 11.5 Å². The summed E-state index contributed by atoms with van der Waals surface area (Å²) in [6, 6.07) is 12.6. The number of rotatable bonds is 6. The molecule has 3 rings (SSSR count). The summed E-state index contributed by atoms with van der Waals surface area (Å²) in [6.45, 7) is 2.39. The second kappa shape index (κ2) is 8.10. The van der Waals surface area contributed by atoms with Crippen molar-refractivity contribution in [1.29, 1.82) is 0 Å². The number of hydrogen-bond acceptors (Lipinski definition) is 4. The summed E-state index contributed by atoms with van der Waals surface area (Å²) < 4.78 is 10.6. The van der Waals surface area contributed by atoms with E-state index in [2.05, 4.69) is 5.32 Å². The number of benzene rings is 2. The van der Waals surface area contributed by atoms with E-state index in [9.17, 15) is 9.59 Å².